The van der Waals surface area contributed by atoms with Crippen LogP contribution in [0, 0.1) is 18.7 Å². The molecule has 1 fully saturated rings. The second-order valence-corrected chi connectivity index (χ2v) is 7.93. The van der Waals surface area contributed by atoms with Crippen LogP contribution in [0.15, 0.2) is 47.6 Å². The lowest BCUT2D eigenvalue weighted by Crippen LogP contribution is -2.36. The smallest absolute Gasteiger partial charge is 0.241 e. The highest BCUT2D eigenvalue weighted by Gasteiger charge is 2.30. The molecule has 1 N–H and O–H groups in total. The van der Waals surface area contributed by atoms with Gasteiger partial charge in [0.05, 0.1) is 10.9 Å². The molecule has 134 valence electrons. The lowest BCUT2D eigenvalue weighted by atomic mass is 9.88. The summed E-state index contributed by atoms with van der Waals surface area (Å²) in [7, 11) is -3.79. The Bertz CT molecular complexity index is 821. The maximum absolute atomic E-state index is 13.3. The van der Waals surface area contributed by atoms with Crippen molar-refractivity contribution in [3.05, 3.63) is 59.7 Å². The van der Waals surface area contributed by atoms with Gasteiger partial charge in [-0.3, -0.25) is 4.98 Å². The number of hydrogen-bond acceptors (Lipinski definition) is 4. The summed E-state index contributed by atoms with van der Waals surface area (Å²) in [6.07, 6.45) is 4.87. The number of ether oxygens (including phenoxy) is 1. The third-order valence-corrected chi connectivity index (χ3v) is 6.09. The Morgan fingerprint density at radius 3 is 2.68 bits per heavy atom. The van der Waals surface area contributed by atoms with Crippen LogP contribution in [0.1, 0.15) is 30.0 Å². The minimum Gasteiger partial charge on any atom is -0.381 e. The number of hydrogen-bond donors (Lipinski definition) is 1. The lowest BCUT2D eigenvalue weighted by Gasteiger charge is -2.31. The Labute approximate surface area is 147 Å². The Morgan fingerprint density at radius 2 is 2.04 bits per heavy atom. The van der Waals surface area contributed by atoms with Crippen LogP contribution in [-0.2, 0) is 14.8 Å². The summed E-state index contributed by atoms with van der Waals surface area (Å²) in [5.74, 6) is -0.335. The number of aromatic nitrogens is 1. The minimum absolute atomic E-state index is 0.0925. The van der Waals surface area contributed by atoms with Crippen molar-refractivity contribution < 1.29 is 17.5 Å². The number of pyridine rings is 1. The predicted octanol–water partition coefficient (Wildman–Crippen LogP) is 2.98. The van der Waals surface area contributed by atoms with Crippen LogP contribution in [0.2, 0.25) is 0 Å². The summed E-state index contributed by atoms with van der Waals surface area (Å²) in [6.45, 7) is 2.81. The van der Waals surface area contributed by atoms with Crippen molar-refractivity contribution in [3.8, 4) is 0 Å². The van der Waals surface area contributed by atoms with Gasteiger partial charge in [0.25, 0.3) is 0 Å². The molecule has 0 saturated carbocycles. The molecule has 2 aromatic rings. The van der Waals surface area contributed by atoms with Crippen LogP contribution < -0.4 is 4.72 Å². The van der Waals surface area contributed by atoms with Gasteiger partial charge in [0, 0.05) is 25.6 Å². The molecule has 0 amide bonds. The van der Waals surface area contributed by atoms with Gasteiger partial charge in [0.15, 0.2) is 0 Å². The molecule has 2 heterocycles. The first kappa shape index (κ1) is 18.0. The third-order valence-electron chi connectivity index (χ3n) is 4.49. The van der Waals surface area contributed by atoms with Crippen LogP contribution in [0.4, 0.5) is 4.39 Å². The molecule has 7 heteroatoms. The van der Waals surface area contributed by atoms with E-state index in [0.29, 0.717) is 18.8 Å². The zero-order valence-electron chi connectivity index (χ0n) is 14.0. The Morgan fingerprint density at radius 1 is 1.28 bits per heavy atom. The average molecular weight is 364 g/mol. The van der Waals surface area contributed by atoms with Crippen LogP contribution in [0.5, 0.6) is 0 Å². The van der Waals surface area contributed by atoms with Gasteiger partial charge >= 0.3 is 0 Å². The second-order valence-electron chi connectivity index (χ2n) is 6.24. The first-order valence-corrected chi connectivity index (χ1v) is 9.72. The first-order valence-electron chi connectivity index (χ1n) is 8.23. The molecule has 3 rings (SSSR count). The Kier molecular flexibility index (Phi) is 5.46. The second kappa shape index (κ2) is 7.59. The largest absolute Gasteiger partial charge is 0.381 e. The fraction of sp³-hybridized carbons (Fsp3) is 0.389. The summed E-state index contributed by atoms with van der Waals surface area (Å²) in [5, 5.41) is 0. The maximum Gasteiger partial charge on any atom is 0.241 e. The topological polar surface area (TPSA) is 68.3 Å². The van der Waals surface area contributed by atoms with E-state index in [4.69, 9.17) is 4.74 Å². The highest BCUT2D eigenvalue weighted by Crippen LogP contribution is 2.31. The predicted molar refractivity (Wildman–Crippen MR) is 92.0 cm³/mol. The van der Waals surface area contributed by atoms with E-state index >= 15 is 0 Å². The van der Waals surface area contributed by atoms with E-state index in [2.05, 4.69) is 9.71 Å². The monoisotopic (exact) mass is 364 g/mol. The molecule has 1 atom stereocenters. The molecule has 1 aliphatic rings. The van der Waals surface area contributed by atoms with Crippen molar-refractivity contribution >= 4 is 10.0 Å². The molecule has 1 saturated heterocycles. The summed E-state index contributed by atoms with van der Waals surface area (Å²) in [5.41, 5.74) is 1.20. The van der Waals surface area contributed by atoms with Crippen molar-refractivity contribution in [1.29, 1.82) is 0 Å². The third kappa shape index (κ3) is 4.23. The van der Waals surface area contributed by atoms with Crippen LogP contribution >= 0.6 is 0 Å². The SMILES string of the molecule is Cc1cc(F)ccc1S(=O)(=O)N[C@@H](c1cccnc1)C1CCOCC1. The van der Waals surface area contributed by atoms with Crippen molar-refractivity contribution in [2.45, 2.75) is 30.7 Å². The number of sulfonamides is 1. The molecule has 0 spiro atoms. The summed E-state index contributed by atoms with van der Waals surface area (Å²) in [4.78, 5) is 4.21. The van der Waals surface area contributed by atoms with E-state index in [0.717, 1.165) is 24.5 Å². The fourth-order valence-electron chi connectivity index (χ4n) is 3.19. The van der Waals surface area contributed by atoms with E-state index in [1.54, 1.807) is 25.4 Å². The zero-order chi connectivity index (χ0) is 17.9. The number of benzene rings is 1. The van der Waals surface area contributed by atoms with E-state index in [9.17, 15) is 12.8 Å². The number of aryl methyl sites for hydroxylation is 1. The molecule has 0 radical (unpaired) electrons. The molecule has 0 unspecified atom stereocenters. The maximum atomic E-state index is 13.3. The van der Waals surface area contributed by atoms with Crippen molar-refractivity contribution in [2.75, 3.05) is 13.2 Å². The minimum atomic E-state index is -3.79. The summed E-state index contributed by atoms with van der Waals surface area (Å²) >= 11 is 0. The quantitative estimate of drug-likeness (QED) is 0.886. The van der Waals surface area contributed by atoms with Gasteiger partial charge in [0.2, 0.25) is 10.0 Å². The van der Waals surface area contributed by atoms with Gasteiger partial charge in [-0.1, -0.05) is 6.07 Å². The fourth-order valence-corrected chi connectivity index (χ4v) is 4.71. The highest BCUT2D eigenvalue weighted by molar-refractivity contribution is 7.89. The lowest BCUT2D eigenvalue weighted by molar-refractivity contribution is 0.0564. The molecule has 5 nitrogen and oxygen atoms in total. The van der Waals surface area contributed by atoms with Gasteiger partial charge in [0.1, 0.15) is 5.82 Å². The molecule has 1 aliphatic heterocycles. The zero-order valence-corrected chi connectivity index (χ0v) is 14.8. The molecule has 0 aliphatic carbocycles. The summed E-state index contributed by atoms with van der Waals surface area (Å²) < 4.78 is 47.3. The molecule has 25 heavy (non-hydrogen) atoms. The van der Waals surface area contributed by atoms with Gasteiger partial charge in [-0.05, 0) is 61.1 Å². The molecular formula is C18H21FN2O3S. The van der Waals surface area contributed by atoms with E-state index in [1.165, 1.54) is 12.1 Å². The molecule has 1 aromatic heterocycles. The number of rotatable bonds is 5. The van der Waals surface area contributed by atoms with Crippen LogP contribution in [0.25, 0.3) is 0 Å². The van der Waals surface area contributed by atoms with Crippen LogP contribution in [-0.4, -0.2) is 26.6 Å². The van der Waals surface area contributed by atoms with Crippen molar-refractivity contribution in [3.63, 3.8) is 0 Å². The molecule has 1 aromatic carbocycles. The van der Waals surface area contributed by atoms with E-state index in [1.807, 2.05) is 6.07 Å². The van der Waals surface area contributed by atoms with E-state index in [-0.39, 0.29) is 10.8 Å². The molecule has 0 bridgehead atoms. The van der Waals surface area contributed by atoms with Gasteiger partial charge < -0.3 is 4.74 Å². The number of nitrogens with one attached hydrogen (secondary N) is 1. The van der Waals surface area contributed by atoms with Crippen LogP contribution in [0.3, 0.4) is 0 Å². The Hall–Kier alpha value is -1.83. The van der Waals surface area contributed by atoms with Gasteiger partial charge in [-0.2, -0.15) is 0 Å². The number of nitrogens with zero attached hydrogens (tertiary/aromatic N) is 1. The normalized spacial score (nSPS) is 17.4. The van der Waals surface area contributed by atoms with Crippen molar-refractivity contribution in [1.82, 2.24) is 9.71 Å². The Balaban J connectivity index is 1.93. The van der Waals surface area contributed by atoms with Crippen molar-refractivity contribution in [2.24, 2.45) is 5.92 Å². The average Bonchev–Trinajstić information content (AvgIpc) is 2.61. The first-order chi connectivity index (χ1) is 12.0. The van der Waals surface area contributed by atoms with Gasteiger partial charge in [-0.25, -0.2) is 17.5 Å². The molecular weight excluding hydrogens is 343 g/mol. The standard InChI is InChI=1S/C18H21FN2O3S/c1-13-11-16(19)4-5-17(13)25(22,23)21-18(14-6-9-24-10-7-14)15-3-2-8-20-12-15/h2-5,8,11-12,14,18,21H,6-7,9-10H2,1H3/t18-/m1/s1. The van der Waals surface area contributed by atoms with E-state index < -0.39 is 21.9 Å². The number of halogens is 1. The summed E-state index contributed by atoms with van der Waals surface area (Å²) in [6, 6.07) is 6.95. The van der Waals surface area contributed by atoms with Gasteiger partial charge in [-0.15, -0.1) is 0 Å². The highest BCUT2D eigenvalue weighted by atomic mass is 32.2.